The van der Waals surface area contributed by atoms with Crippen LogP contribution in [-0.4, -0.2) is 19.7 Å². The second-order valence-electron chi connectivity index (χ2n) is 5.39. The molecule has 0 radical (unpaired) electrons. The third-order valence-corrected chi connectivity index (χ3v) is 5.80. The highest BCUT2D eigenvalue weighted by atomic mass is 32.2. The maximum absolute atomic E-state index is 11.9. The Kier molecular flexibility index (Phi) is 4.33. The van der Waals surface area contributed by atoms with Crippen LogP contribution in [0.15, 0.2) is 59.6 Å². The van der Waals surface area contributed by atoms with Crippen molar-refractivity contribution in [2.75, 3.05) is 6.26 Å². The molecule has 2 aromatic carbocycles. The molecule has 23 heavy (non-hydrogen) atoms. The fourth-order valence-electron chi connectivity index (χ4n) is 2.35. The smallest absolute Gasteiger partial charge is 0.175 e. The lowest BCUT2D eigenvalue weighted by Crippen LogP contribution is -1.99. The van der Waals surface area contributed by atoms with Crippen LogP contribution in [0.25, 0.3) is 21.0 Å². The Hall–Kier alpha value is -1.98. The van der Waals surface area contributed by atoms with Gasteiger partial charge < -0.3 is 0 Å². The zero-order valence-electron chi connectivity index (χ0n) is 13.0. The van der Waals surface area contributed by atoms with E-state index in [4.69, 9.17) is 0 Å². The molecule has 1 aromatic heterocycles. The summed E-state index contributed by atoms with van der Waals surface area (Å²) in [5.41, 5.74) is 2.97. The molecule has 3 rings (SSSR count). The number of benzene rings is 2. The second-order valence-corrected chi connectivity index (χ2v) is 8.43. The Morgan fingerprint density at radius 1 is 1.04 bits per heavy atom. The van der Waals surface area contributed by atoms with Crippen LogP contribution >= 0.6 is 11.3 Å². The lowest BCUT2D eigenvalue weighted by atomic mass is 10.1. The van der Waals surface area contributed by atoms with E-state index >= 15 is 0 Å². The summed E-state index contributed by atoms with van der Waals surface area (Å²) in [4.78, 5) is 5.91. The molecule has 0 amide bonds. The highest BCUT2D eigenvalue weighted by molar-refractivity contribution is 7.90. The van der Waals surface area contributed by atoms with Crippen molar-refractivity contribution in [1.82, 2.24) is 4.98 Å². The summed E-state index contributed by atoms with van der Waals surface area (Å²) in [5, 5.41) is 0.837. The molecule has 0 aliphatic rings. The number of rotatable bonds is 4. The summed E-state index contributed by atoms with van der Waals surface area (Å²) in [7, 11) is -3.23. The molecule has 3 aromatic rings. The van der Waals surface area contributed by atoms with Gasteiger partial charge in [0, 0.05) is 18.0 Å². The van der Waals surface area contributed by atoms with Gasteiger partial charge in [-0.2, -0.15) is 0 Å². The van der Waals surface area contributed by atoms with Gasteiger partial charge in [0.15, 0.2) is 9.84 Å². The number of aromatic nitrogens is 1. The average molecular weight is 343 g/mol. The lowest BCUT2D eigenvalue weighted by Gasteiger charge is -2.05. The molecular formula is C18H17NO2S2. The van der Waals surface area contributed by atoms with Crippen molar-refractivity contribution in [2.24, 2.45) is 0 Å². The number of hydrogen-bond acceptors (Lipinski definition) is 4. The molecule has 5 heteroatoms. The quantitative estimate of drug-likeness (QED) is 0.703. The van der Waals surface area contributed by atoms with Crippen LogP contribution in [-0.2, 0) is 16.3 Å². The van der Waals surface area contributed by atoms with Crippen LogP contribution in [0.4, 0.5) is 0 Å². The highest BCUT2D eigenvalue weighted by Crippen LogP contribution is 2.33. The molecule has 0 bridgehead atoms. The van der Waals surface area contributed by atoms with Crippen LogP contribution in [0.3, 0.4) is 0 Å². The van der Waals surface area contributed by atoms with Gasteiger partial charge in [0.2, 0.25) is 0 Å². The molecule has 0 fully saturated rings. The van der Waals surface area contributed by atoms with E-state index in [1.54, 1.807) is 23.5 Å². The second kappa shape index (κ2) is 6.26. The van der Waals surface area contributed by atoms with Gasteiger partial charge in [0.25, 0.3) is 0 Å². The van der Waals surface area contributed by atoms with E-state index in [9.17, 15) is 8.42 Å². The summed E-state index contributed by atoms with van der Waals surface area (Å²) >= 11 is 1.57. The Morgan fingerprint density at radius 3 is 2.43 bits per heavy atom. The molecule has 0 unspecified atom stereocenters. The van der Waals surface area contributed by atoms with E-state index in [2.05, 4.69) is 4.98 Å². The summed E-state index contributed by atoms with van der Waals surface area (Å²) in [6.45, 7) is 2.02. The molecule has 0 aliphatic heterocycles. The maximum Gasteiger partial charge on any atom is 0.175 e. The van der Waals surface area contributed by atoms with Crippen molar-refractivity contribution >= 4 is 21.2 Å². The Labute approximate surface area is 140 Å². The van der Waals surface area contributed by atoms with Gasteiger partial charge in [-0.25, -0.2) is 13.4 Å². The SMILES string of the molecule is CCc1cc(-c2ncc(-c3ccccc3)s2)cc(S(C)(=O)=O)c1. The third kappa shape index (κ3) is 3.51. The normalized spacial score (nSPS) is 11.6. The van der Waals surface area contributed by atoms with Crippen molar-refractivity contribution in [2.45, 2.75) is 18.2 Å². The molecule has 0 saturated carbocycles. The predicted octanol–water partition coefficient (Wildman–Crippen LogP) is 4.44. The molecule has 1 heterocycles. The average Bonchev–Trinajstić information content (AvgIpc) is 3.04. The van der Waals surface area contributed by atoms with Crippen LogP contribution in [0, 0.1) is 0 Å². The molecule has 0 aliphatic carbocycles. The first-order valence-corrected chi connectivity index (χ1v) is 10.0. The van der Waals surface area contributed by atoms with Crippen LogP contribution in [0.1, 0.15) is 12.5 Å². The van der Waals surface area contributed by atoms with Gasteiger partial charge in [-0.1, -0.05) is 37.3 Å². The minimum absolute atomic E-state index is 0.350. The van der Waals surface area contributed by atoms with E-state index in [-0.39, 0.29) is 0 Å². The molecule has 0 spiro atoms. The number of thiazole rings is 1. The highest BCUT2D eigenvalue weighted by Gasteiger charge is 2.13. The lowest BCUT2D eigenvalue weighted by molar-refractivity contribution is 0.602. The molecule has 0 atom stereocenters. The van der Waals surface area contributed by atoms with Crippen LogP contribution in [0.5, 0.6) is 0 Å². The van der Waals surface area contributed by atoms with E-state index in [0.717, 1.165) is 33.0 Å². The zero-order valence-corrected chi connectivity index (χ0v) is 14.6. The Bertz CT molecular complexity index is 929. The standard InChI is InChI=1S/C18H17NO2S2/c1-3-13-9-15(11-16(10-13)23(2,20)21)18-19-12-17(22-18)14-7-5-4-6-8-14/h4-12H,3H2,1-2H3. The van der Waals surface area contributed by atoms with Crippen molar-refractivity contribution in [3.63, 3.8) is 0 Å². The number of hydrogen-bond donors (Lipinski definition) is 0. The number of sulfone groups is 1. The van der Waals surface area contributed by atoms with Gasteiger partial charge in [-0.15, -0.1) is 11.3 Å². The summed E-state index contributed by atoms with van der Waals surface area (Å²) < 4.78 is 23.8. The number of aryl methyl sites for hydroxylation is 1. The fraction of sp³-hybridized carbons (Fsp3) is 0.167. The first-order valence-electron chi connectivity index (χ1n) is 7.33. The minimum atomic E-state index is -3.23. The van der Waals surface area contributed by atoms with Gasteiger partial charge in [0.1, 0.15) is 5.01 Å². The Balaban J connectivity index is 2.07. The fourth-order valence-corrected chi connectivity index (χ4v) is 3.96. The number of nitrogens with zero attached hydrogens (tertiary/aromatic N) is 1. The maximum atomic E-state index is 11.9. The first kappa shape index (κ1) is 15.9. The first-order chi connectivity index (χ1) is 11.0. The van der Waals surface area contributed by atoms with Gasteiger partial charge in [-0.05, 0) is 35.7 Å². The van der Waals surface area contributed by atoms with Crippen molar-refractivity contribution in [3.8, 4) is 21.0 Å². The van der Waals surface area contributed by atoms with E-state index in [1.807, 2.05) is 49.5 Å². The Morgan fingerprint density at radius 2 is 1.78 bits per heavy atom. The van der Waals surface area contributed by atoms with Crippen LogP contribution < -0.4 is 0 Å². The monoisotopic (exact) mass is 343 g/mol. The summed E-state index contributed by atoms with van der Waals surface area (Å²) in [5.74, 6) is 0. The predicted molar refractivity (Wildman–Crippen MR) is 95.5 cm³/mol. The minimum Gasteiger partial charge on any atom is -0.244 e. The third-order valence-electron chi connectivity index (χ3n) is 3.61. The molecule has 0 saturated heterocycles. The van der Waals surface area contributed by atoms with Crippen molar-refractivity contribution in [3.05, 3.63) is 60.3 Å². The van der Waals surface area contributed by atoms with E-state index in [1.165, 1.54) is 6.26 Å². The summed E-state index contributed by atoms with van der Waals surface area (Å²) in [6, 6.07) is 15.5. The van der Waals surface area contributed by atoms with Gasteiger partial charge in [0.05, 0.1) is 9.77 Å². The molecule has 3 nitrogen and oxygen atoms in total. The van der Waals surface area contributed by atoms with Gasteiger partial charge in [-0.3, -0.25) is 0 Å². The van der Waals surface area contributed by atoms with Crippen molar-refractivity contribution < 1.29 is 8.42 Å². The largest absolute Gasteiger partial charge is 0.244 e. The topological polar surface area (TPSA) is 47.0 Å². The van der Waals surface area contributed by atoms with Crippen molar-refractivity contribution in [1.29, 1.82) is 0 Å². The van der Waals surface area contributed by atoms with E-state index < -0.39 is 9.84 Å². The van der Waals surface area contributed by atoms with E-state index in [0.29, 0.717) is 4.90 Å². The molecule has 0 N–H and O–H groups in total. The van der Waals surface area contributed by atoms with Gasteiger partial charge >= 0.3 is 0 Å². The van der Waals surface area contributed by atoms with Crippen LogP contribution in [0.2, 0.25) is 0 Å². The molecular weight excluding hydrogens is 326 g/mol. The molecule has 118 valence electrons. The summed E-state index contributed by atoms with van der Waals surface area (Å²) in [6.07, 6.45) is 3.87. The zero-order chi connectivity index (χ0) is 16.4.